The van der Waals surface area contributed by atoms with Crippen LogP contribution in [0.1, 0.15) is 58.8 Å². The largest absolute Gasteiger partial charge is 0.373 e. The first-order valence-electron chi connectivity index (χ1n) is 7.21. The van der Waals surface area contributed by atoms with Crippen molar-refractivity contribution in [3.63, 3.8) is 0 Å². The molecule has 1 aromatic carbocycles. The Hall–Kier alpha value is -1.59. The average molecular weight is 302 g/mol. The van der Waals surface area contributed by atoms with E-state index in [9.17, 15) is 4.79 Å². The van der Waals surface area contributed by atoms with Gasteiger partial charge in [0.25, 0.3) is 0 Å². The average Bonchev–Trinajstić information content (AvgIpc) is 2.97. The zero-order valence-corrected chi connectivity index (χ0v) is 13.0. The Bertz CT molecular complexity index is 651. The number of carbonyl (C=O) groups excluding carboxylic acids is 1. The van der Waals surface area contributed by atoms with Crippen molar-refractivity contribution >= 4 is 17.3 Å². The first-order chi connectivity index (χ1) is 10.2. The molecule has 1 aliphatic rings. The molecule has 1 unspecified atom stereocenters. The smallest absolute Gasteiger partial charge is 0.179 e. The van der Waals surface area contributed by atoms with Crippen LogP contribution < -0.4 is 0 Å². The molecule has 0 spiro atoms. The molecule has 0 saturated heterocycles. The van der Waals surface area contributed by atoms with Crippen LogP contribution in [0.3, 0.4) is 0 Å². The van der Waals surface area contributed by atoms with Gasteiger partial charge < -0.3 is 4.74 Å². The number of nitrogens with zero attached hydrogens (tertiary/aromatic N) is 2. The summed E-state index contributed by atoms with van der Waals surface area (Å²) in [6.45, 7) is 4.73. The van der Waals surface area contributed by atoms with Gasteiger partial charge in [-0.3, -0.25) is 4.79 Å². The highest BCUT2D eigenvalue weighted by Crippen LogP contribution is 2.32. The fourth-order valence-electron chi connectivity index (χ4n) is 2.68. The predicted octanol–water partition coefficient (Wildman–Crippen LogP) is 3.55. The molecule has 0 bridgehead atoms. The van der Waals surface area contributed by atoms with E-state index in [-0.39, 0.29) is 17.8 Å². The van der Waals surface area contributed by atoms with Gasteiger partial charge in [0.1, 0.15) is 4.88 Å². The van der Waals surface area contributed by atoms with E-state index in [4.69, 9.17) is 4.74 Å². The minimum absolute atomic E-state index is 0.0791. The van der Waals surface area contributed by atoms with Crippen molar-refractivity contribution in [2.24, 2.45) is 0 Å². The number of ketones is 1. The lowest BCUT2D eigenvalue weighted by Gasteiger charge is -2.25. The Morgan fingerprint density at radius 3 is 3.05 bits per heavy atom. The maximum absolute atomic E-state index is 12.6. The monoisotopic (exact) mass is 302 g/mol. The Morgan fingerprint density at radius 1 is 1.43 bits per heavy atom. The van der Waals surface area contributed by atoms with Gasteiger partial charge in [0.2, 0.25) is 0 Å². The molecule has 1 aromatic heterocycles. The second-order valence-electron chi connectivity index (χ2n) is 5.58. The van der Waals surface area contributed by atoms with Gasteiger partial charge in [0.15, 0.2) is 5.78 Å². The van der Waals surface area contributed by atoms with Gasteiger partial charge in [-0.25, -0.2) is 0 Å². The van der Waals surface area contributed by atoms with E-state index >= 15 is 0 Å². The van der Waals surface area contributed by atoms with Crippen LogP contribution in [-0.4, -0.2) is 22.0 Å². The van der Waals surface area contributed by atoms with E-state index < -0.39 is 0 Å². The minimum Gasteiger partial charge on any atom is -0.373 e. The lowest BCUT2D eigenvalue weighted by molar-refractivity contribution is 0.0353. The van der Waals surface area contributed by atoms with Crippen molar-refractivity contribution in [1.29, 1.82) is 0 Å². The molecule has 2 aromatic rings. The van der Waals surface area contributed by atoms with Crippen LogP contribution in [0, 0.1) is 0 Å². The van der Waals surface area contributed by atoms with Crippen molar-refractivity contribution < 1.29 is 9.53 Å². The summed E-state index contributed by atoms with van der Waals surface area (Å²) in [6.07, 6.45) is 1.13. The molecule has 1 aliphatic heterocycles. The Morgan fingerprint density at radius 2 is 2.24 bits per heavy atom. The van der Waals surface area contributed by atoms with Crippen LogP contribution in [-0.2, 0) is 11.2 Å². The van der Waals surface area contributed by atoms with Crippen molar-refractivity contribution in [1.82, 2.24) is 9.59 Å². The molecule has 1 atom stereocenters. The summed E-state index contributed by atoms with van der Waals surface area (Å²) in [7, 11) is 0. The maximum atomic E-state index is 12.6. The van der Waals surface area contributed by atoms with E-state index in [1.807, 2.05) is 26.0 Å². The third kappa shape index (κ3) is 2.89. The van der Waals surface area contributed by atoms with Crippen molar-refractivity contribution in [3.8, 4) is 0 Å². The number of benzene rings is 1. The number of aromatic nitrogens is 2. The Kier molecular flexibility index (Phi) is 4.12. The van der Waals surface area contributed by atoms with Gasteiger partial charge in [-0.1, -0.05) is 42.6 Å². The summed E-state index contributed by atoms with van der Waals surface area (Å²) in [4.78, 5) is 13.2. The van der Waals surface area contributed by atoms with Gasteiger partial charge in [0, 0.05) is 6.42 Å². The van der Waals surface area contributed by atoms with Gasteiger partial charge in [-0.2, -0.15) is 0 Å². The predicted molar refractivity (Wildman–Crippen MR) is 81.8 cm³/mol. The van der Waals surface area contributed by atoms with Crippen molar-refractivity contribution in [3.05, 3.63) is 46.0 Å². The van der Waals surface area contributed by atoms with Gasteiger partial charge in [-0.05, 0) is 35.0 Å². The summed E-state index contributed by atoms with van der Waals surface area (Å²) in [5.74, 6) is 0.290. The number of hydrogen-bond acceptors (Lipinski definition) is 5. The van der Waals surface area contributed by atoms with Crippen LogP contribution >= 0.6 is 11.5 Å². The quantitative estimate of drug-likeness (QED) is 0.811. The lowest BCUT2D eigenvalue weighted by atomic mass is 9.94. The molecule has 110 valence electrons. The molecule has 5 heteroatoms. The highest BCUT2D eigenvalue weighted by atomic mass is 32.1. The number of Topliss-reactive ketones (excluding diaryl/α,β-unsaturated/α-hetero) is 1. The zero-order valence-electron chi connectivity index (χ0n) is 12.2. The maximum Gasteiger partial charge on any atom is 0.179 e. The topological polar surface area (TPSA) is 52.1 Å². The molecule has 0 radical (unpaired) electrons. The molecule has 4 nitrogen and oxygen atoms in total. The standard InChI is InChI=1S/C16H18N2O2S/c1-10(2)15-16(21-18-17-15)13(19)9-14-12-6-4-3-5-11(12)7-8-20-14/h3-6,10,14H,7-9H2,1-2H3. The molecule has 21 heavy (non-hydrogen) atoms. The van der Waals surface area contributed by atoms with Crippen LogP contribution in [0.5, 0.6) is 0 Å². The van der Waals surface area contributed by atoms with Gasteiger partial charge in [-0.15, -0.1) is 5.10 Å². The third-order valence-corrected chi connectivity index (χ3v) is 4.56. The molecule has 0 aliphatic carbocycles. The molecule has 0 saturated carbocycles. The van der Waals surface area contributed by atoms with E-state index in [2.05, 4.69) is 21.7 Å². The second-order valence-corrected chi connectivity index (χ2v) is 6.33. The van der Waals surface area contributed by atoms with E-state index in [0.717, 1.165) is 17.7 Å². The SMILES string of the molecule is CC(C)c1nnsc1C(=O)CC1OCCc2ccccc21. The third-order valence-electron chi connectivity index (χ3n) is 3.78. The van der Waals surface area contributed by atoms with Gasteiger partial charge in [0.05, 0.1) is 18.4 Å². The summed E-state index contributed by atoms with van der Waals surface area (Å²) in [5, 5.41) is 4.08. The Balaban J connectivity index is 1.81. The first-order valence-corrected chi connectivity index (χ1v) is 7.99. The summed E-state index contributed by atoms with van der Waals surface area (Å²) in [5.41, 5.74) is 3.22. The molecule has 0 amide bonds. The highest BCUT2D eigenvalue weighted by molar-refractivity contribution is 7.08. The van der Waals surface area contributed by atoms with Crippen LogP contribution in [0.25, 0.3) is 0 Å². The van der Waals surface area contributed by atoms with E-state index in [1.54, 1.807) is 0 Å². The fraction of sp³-hybridized carbons (Fsp3) is 0.438. The van der Waals surface area contributed by atoms with Crippen molar-refractivity contribution in [2.75, 3.05) is 6.61 Å². The van der Waals surface area contributed by atoms with Gasteiger partial charge >= 0.3 is 0 Å². The molecule has 3 rings (SSSR count). The van der Waals surface area contributed by atoms with Crippen LogP contribution in [0.2, 0.25) is 0 Å². The lowest BCUT2D eigenvalue weighted by Crippen LogP contribution is -2.19. The van der Waals surface area contributed by atoms with Crippen LogP contribution in [0.15, 0.2) is 24.3 Å². The fourth-order valence-corrected chi connectivity index (χ4v) is 3.44. The number of ether oxygens (including phenoxy) is 1. The summed E-state index contributed by atoms with van der Waals surface area (Å²) >= 11 is 1.19. The normalized spacial score (nSPS) is 17.8. The van der Waals surface area contributed by atoms with E-state index in [1.165, 1.54) is 17.1 Å². The number of hydrogen-bond donors (Lipinski definition) is 0. The Labute approximate surface area is 128 Å². The van der Waals surface area contributed by atoms with Crippen LogP contribution in [0.4, 0.5) is 0 Å². The molecule has 0 N–H and O–H groups in total. The first kappa shape index (κ1) is 14.4. The molecule has 2 heterocycles. The number of carbonyl (C=O) groups is 1. The number of fused-ring (bicyclic) bond motifs is 1. The molecule has 0 fully saturated rings. The van der Waals surface area contributed by atoms with Crippen molar-refractivity contribution in [2.45, 2.75) is 38.7 Å². The van der Waals surface area contributed by atoms with E-state index in [0.29, 0.717) is 17.9 Å². The molecular formula is C16H18N2O2S. The molecular weight excluding hydrogens is 284 g/mol. The minimum atomic E-state index is -0.149. The second kappa shape index (κ2) is 6.03. The highest BCUT2D eigenvalue weighted by Gasteiger charge is 2.26. The summed E-state index contributed by atoms with van der Waals surface area (Å²) in [6, 6.07) is 8.20. The summed E-state index contributed by atoms with van der Waals surface area (Å²) < 4.78 is 9.75. The number of rotatable bonds is 4. The zero-order chi connectivity index (χ0) is 14.8.